The molecule has 0 radical (unpaired) electrons. The predicted molar refractivity (Wildman–Crippen MR) is 39.4 cm³/mol. The molecule has 0 heteroatoms. The maximum Gasteiger partial charge on any atom is -0.00109 e. The quantitative estimate of drug-likeness (QED) is 0.443. The number of hydrogen-bond donors (Lipinski definition) is 0. The molecule has 0 bridgehead atoms. The Labute approximate surface area is 61.3 Å². The fraction of sp³-hybridized carbons (Fsp3) is 0.800. The van der Waals surface area contributed by atoms with Crippen molar-refractivity contribution in [1.82, 2.24) is 0 Å². The number of allylic oxidation sites excluding steroid dienone is 2. The van der Waals surface area contributed by atoms with Gasteiger partial charge in [-0.2, -0.15) is 0 Å². The van der Waals surface area contributed by atoms with Gasteiger partial charge in [0.2, 0.25) is 0 Å². The van der Waals surface area contributed by atoms with Gasteiger partial charge in [0.1, 0.15) is 0 Å². The van der Waals surface area contributed by atoms with Crippen LogP contribution in [-0.2, 0) is 0 Å². The molecule has 4 aliphatic rings. The van der Waals surface area contributed by atoms with Crippen molar-refractivity contribution in [3.05, 3.63) is 11.1 Å². The molecule has 3 fully saturated rings. The molecule has 4 aliphatic carbocycles. The lowest BCUT2D eigenvalue weighted by molar-refractivity contribution is 0.466. The third-order valence-corrected chi connectivity index (χ3v) is 5.36. The van der Waals surface area contributed by atoms with Crippen molar-refractivity contribution in [3.8, 4) is 0 Å². The summed E-state index contributed by atoms with van der Waals surface area (Å²) in [6.07, 6.45) is 0. The van der Waals surface area contributed by atoms with Crippen LogP contribution in [0.25, 0.3) is 0 Å². The average molecular weight is 132 g/mol. The van der Waals surface area contributed by atoms with Crippen LogP contribution in [0.2, 0.25) is 0 Å². The van der Waals surface area contributed by atoms with E-state index in [1.807, 2.05) is 0 Å². The summed E-state index contributed by atoms with van der Waals surface area (Å²) in [4.78, 5) is 0. The van der Waals surface area contributed by atoms with Crippen molar-refractivity contribution >= 4 is 0 Å². The first-order valence-electron chi connectivity index (χ1n) is 4.36. The summed E-state index contributed by atoms with van der Waals surface area (Å²) < 4.78 is 0. The van der Waals surface area contributed by atoms with Crippen molar-refractivity contribution in [1.29, 1.82) is 0 Å². The Hall–Kier alpha value is -0.260. The Balaban J connectivity index is 2.07. The van der Waals surface area contributed by atoms with Crippen LogP contribution in [0, 0.1) is 28.6 Å². The summed E-state index contributed by atoms with van der Waals surface area (Å²) in [6.45, 7) is 7.20. The summed E-state index contributed by atoms with van der Waals surface area (Å²) in [5.74, 6) is 3.46. The molecule has 4 rings (SSSR count). The minimum absolute atomic E-state index is 0.742. The fourth-order valence-corrected chi connectivity index (χ4v) is 4.61. The van der Waals surface area contributed by atoms with Crippen LogP contribution >= 0.6 is 0 Å². The summed E-state index contributed by atoms with van der Waals surface area (Å²) in [5, 5.41) is 0. The van der Waals surface area contributed by atoms with Gasteiger partial charge in [-0.3, -0.25) is 0 Å². The number of rotatable bonds is 0. The van der Waals surface area contributed by atoms with Crippen LogP contribution in [0.3, 0.4) is 0 Å². The molecular formula is C10H12. The highest BCUT2D eigenvalue weighted by atomic mass is 15.1. The Morgan fingerprint density at radius 3 is 2.30 bits per heavy atom. The third kappa shape index (κ3) is 0.148. The van der Waals surface area contributed by atoms with Gasteiger partial charge in [-0.1, -0.05) is 18.1 Å². The molecule has 0 N–H and O–H groups in total. The molecule has 0 heterocycles. The summed E-state index contributed by atoms with van der Waals surface area (Å²) in [5.41, 5.74) is 5.17. The van der Waals surface area contributed by atoms with Crippen LogP contribution in [0.5, 0.6) is 0 Å². The monoisotopic (exact) mass is 132 g/mol. The molecule has 5 atom stereocenters. The Morgan fingerprint density at radius 1 is 1.30 bits per heavy atom. The first kappa shape index (κ1) is 4.58. The highest BCUT2D eigenvalue weighted by molar-refractivity contribution is 5.69. The summed E-state index contributed by atoms with van der Waals surface area (Å²) in [7, 11) is 0. The van der Waals surface area contributed by atoms with Crippen LogP contribution in [-0.4, -0.2) is 0 Å². The van der Waals surface area contributed by atoms with Crippen molar-refractivity contribution in [2.45, 2.75) is 20.8 Å². The smallest absolute Gasteiger partial charge is 0.00109 e. The van der Waals surface area contributed by atoms with E-state index in [0.717, 1.165) is 16.7 Å². The van der Waals surface area contributed by atoms with Crippen molar-refractivity contribution in [2.75, 3.05) is 0 Å². The molecule has 52 valence electrons. The molecule has 5 unspecified atom stereocenters. The van der Waals surface area contributed by atoms with E-state index in [0.29, 0.717) is 0 Å². The number of hydrogen-bond acceptors (Lipinski definition) is 0. The molecule has 0 aromatic rings. The van der Waals surface area contributed by atoms with E-state index in [2.05, 4.69) is 20.8 Å². The predicted octanol–water partition coefficient (Wildman–Crippen LogP) is 2.22. The maximum atomic E-state index is 2.49. The van der Waals surface area contributed by atoms with E-state index in [9.17, 15) is 0 Å². The molecule has 1 spiro atoms. The van der Waals surface area contributed by atoms with E-state index < -0.39 is 0 Å². The van der Waals surface area contributed by atoms with Crippen LogP contribution in [0.1, 0.15) is 20.8 Å². The highest BCUT2D eigenvalue weighted by Crippen LogP contribution is 3.14. The van der Waals surface area contributed by atoms with Crippen molar-refractivity contribution in [2.24, 2.45) is 28.6 Å². The van der Waals surface area contributed by atoms with Gasteiger partial charge in [-0.25, -0.2) is 0 Å². The standard InChI is InChI=1S/C10H12/c1-4-5(2)9(3)8-7-6(4)10(7,8)9/h6-8H,1-3H3. The van der Waals surface area contributed by atoms with Crippen LogP contribution in [0.15, 0.2) is 11.1 Å². The van der Waals surface area contributed by atoms with Crippen LogP contribution in [0.4, 0.5) is 0 Å². The molecule has 0 aliphatic heterocycles. The van der Waals surface area contributed by atoms with Gasteiger partial charge >= 0.3 is 0 Å². The zero-order chi connectivity index (χ0) is 6.89. The molecule has 0 aromatic heterocycles. The molecule has 0 amide bonds. The van der Waals surface area contributed by atoms with E-state index in [4.69, 9.17) is 0 Å². The SMILES string of the molecule is CC1=C(C)C2(C)C3C4C1C432. The zero-order valence-corrected chi connectivity index (χ0v) is 6.73. The minimum Gasteiger partial charge on any atom is -0.0698 e. The van der Waals surface area contributed by atoms with E-state index in [1.165, 1.54) is 11.8 Å². The second-order valence-corrected chi connectivity index (χ2v) is 4.92. The maximum absolute atomic E-state index is 2.49. The van der Waals surface area contributed by atoms with Gasteiger partial charge in [0, 0.05) is 0 Å². The molecule has 3 saturated carbocycles. The molecular weight excluding hydrogens is 120 g/mol. The molecule has 0 nitrogen and oxygen atoms in total. The van der Waals surface area contributed by atoms with Gasteiger partial charge < -0.3 is 0 Å². The van der Waals surface area contributed by atoms with E-state index in [1.54, 1.807) is 11.1 Å². The average Bonchev–Trinajstić information content (AvgIpc) is 2.67. The first-order chi connectivity index (χ1) is 4.68. The summed E-state index contributed by atoms with van der Waals surface area (Å²) >= 11 is 0. The molecule has 10 heavy (non-hydrogen) atoms. The molecule has 0 saturated heterocycles. The second-order valence-electron chi connectivity index (χ2n) is 4.92. The molecule has 0 aromatic carbocycles. The van der Waals surface area contributed by atoms with E-state index >= 15 is 0 Å². The van der Waals surface area contributed by atoms with Crippen molar-refractivity contribution in [3.63, 3.8) is 0 Å². The zero-order valence-electron chi connectivity index (χ0n) is 6.73. The Bertz CT molecular complexity index is 312. The van der Waals surface area contributed by atoms with Gasteiger partial charge in [0.05, 0.1) is 0 Å². The topological polar surface area (TPSA) is 0 Å². The number of fused-ring (bicyclic) bond motifs is 3. The Morgan fingerprint density at radius 2 is 2.00 bits per heavy atom. The van der Waals surface area contributed by atoms with Gasteiger partial charge in [-0.05, 0) is 42.4 Å². The third-order valence-electron chi connectivity index (χ3n) is 5.36. The van der Waals surface area contributed by atoms with Gasteiger partial charge in [-0.15, -0.1) is 0 Å². The van der Waals surface area contributed by atoms with E-state index in [-0.39, 0.29) is 0 Å². The lowest BCUT2D eigenvalue weighted by atomic mass is 9.84. The van der Waals surface area contributed by atoms with Gasteiger partial charge in [0.25, 0.3) is 0 Å². The Kier molecular flexibility index (Phi) is 0.336. The first-order valence-corrected chi connectivity index (χ1v) is 4.36. The second kappa shape index (κ2) is 0.732. The summed E-state index contributed by atoms with van der Waals surface area (Å²) in [6, 6.07) is 0. The lowest BCUT2D eigenvalue weighted by Crippen LogP contribution is -2.11. The van der Waals surface area contributed by atoms with Gasteiger partial charge in [0.15, 0.2) is 0 Å². The largest absolute Gasteiger partial charge is 0.0698 e. The highest BCUT2D eigenvalue weighted by Gasteiger charge is 3.10. The fourth-order valence-electron chi connectivity index (χ4n) is 4.61. The normalized spacial score (nSPS) is 78.9. The minimum atomic E-state index is 0.742. The lowest BCUT2D eigenvalue weighted by Gasteiger charge is -2.20. The van der Waals surface area contributed by atoms with Crippen LogP contribution < -0.4 is 0 Å². The van der Waals surface area contributed by atoms with Crippen molar-refractivity contribution < 1.29 is 0 Å².